The minimum Gasteiger partial charge on any atom is -0.387 e. The first-order chi connectivity index (χ1) is 14.3. The number of carbonyl (C=O) groups is 1. The fourth-order valence-electron chi connectivity index (χ4n) is 3.65. The van der Waals surface area contributed by atoms with Gasteiger partial charge in [-0.3, -0.25) is 9.78 Å². The van der Waals surface area contributed by atoms with Gasteiger partial charge in [0.15, 0.2) is 5.60 Å². The van der Waals surface area contributed by atoms with E-state index in [9.17, 15) is 17.6 Å². The number of carbonyl (C=O) groups excluding carboxylic acids is 1. The van der Waals surface area contributed by atoms with Crippen molar-refractivity contribution >= 4 is 21.6 Å². The summed E-state index contributed by atoms with van der Waals surface area (Å²) in [6.07, 6.45) is 2.30. The Kier molecular flexibility index (Phi) is 5.29. The van der Waals surface area contributed by atoms with Crippen molar-refractivity contribution in [2.45, 2.75) is 29.9 Å². The lowest BCUT2D eigenvalue weighted by Crippen LogP contribution is -2.39. The summed E-state index contributed by atoms with van der Waals surface area (Å²) in [6.45, 7) is 0.647. The van der Waals surface area contributed by atoms with Crippen LogP contribution in [-0.2, 0) is 26.2 Å². The number of sulfonamides is 1. The number of rotatable bonds is 5. The van der Waals surface area contributed by atoms with E-state index in [4.69, 9.17) is 4.84 Å². The molecule has 1 amide bonds. The Balaban J connectivity index is 1.41. The first-order valence-corrected chi connectivity index (χ1v) is 10.9. The number of hydrogen-bond donors (Lipinski definition) is 0. The molecule has 0 bridgehead atoms. The van der Waals surface area contributed by atoms with Crippen molar-refractivity contribution in [3.8, 4) is 0 Å². The fraction of sp³-hybridized carbons (Fsp3) is 0.350. The monoisotopic (exact) mass is 432 g/mol. The van der Waals surface area contributed by atoms with Gasteiger partial charge in [-0.25, -0.2) is 12.8 Å². The molecule has 8 nitrogen and oxygen atoms in total. The molecule has 1 aromatic carbocycles. The zero-order valence-electron chi connectivity index (χ0n) is 16.4. The van der Waals surface area contributed by atoms with Crippen LogP contribution in [0.3, 0.4) is 0 Å². The van der Waals surface area contributed by atoms with Crippen LogP contribution in [0.5, 0.6) is 0 Å². The Morgan fingerprint density at radius 1 is 1.27 bits per heavy atom. The minimum atomic E-state index is -3.78. The van der Waals surface area contributed by atoms with E-state index in [2.05, 4.69) is 10.1 Å². The highest BCUT2D eigenvalue weighted by molar-refractivity contribution is 7.89. The summed E-state index contributed by atoms with van der Waals surface area (Å²) in [6, 6.07) is 10.2. The van der Waals surface area contributed by atoms with E-state index in [1.165, 1.54) is 21.3 Å². The van der Waals surface area contributed by atoms with Crippen molar-refractivity contribution in [3.05, 3.63) is 60.2 Å². The molecule has 1 spiro atoms. The van der Waals surface area contributed by atoms with Gasteiger partial charge in [0.25, 0.3) is 5.91 Å². The topological polar surface area (TPSA) is 92.2 Å². The SMILES string of the molecule is CN(Cc1ccccn1)C(=O)C1=NOC2(CCN(S(=O)(=O)c3ccc(F)cc3)C2)C1. The molecule has 0 radical (unpaired) electrons. The smallest absolute Gasteiger partial charge is 0.271 e. The Morgan fingerprint density at radius 2 is 2.03 bits per heavy atom. The Hall–Kier alpha value is -2.85. The van der Waals surface area contributed by atoms with Crippen LogP contribution in [0, 0.1) is 5.82 Å². The van der Waals surface area contributed by atoms with Gasteiger partial charge in [-0.1, -0.05) is 11.2 Å². The molecular formula is C20H21FN4O4S. The van der Waals surface area contributed by atoms with Gasteiger partial charge in [-0.2, -0.15) is 4.31 Å². The zero-order valence-corrected chi connectivity index (χ0v) is 17.2. The number of hydrogen-bond acceptors (Lipinski definition) is 6. The predicted molar refractivity (Wildman–Crippen MR) is 106 cm³/mol. The molecular weight excluding hydrogens is 411 g/mol. The van der Waals surface area contributed by atoms with Crippen LogP contribution in [-0.4, -0.2) is 60.0 Å². The van der Waals surface area contributed by atoms with E-state index >= 15 is 0 Å². The molecule has 1 aromatic heterocycles. The highest BCUT2D eigenvalue weighted by Gasteiger charge is 2.50. The minimum absolute atomic E-state index is 0.0197. The van der Waals surface area contributed by atoms with Crippen LogP contribution in [0.25, 0.3) is 0 Å². The van der Waals surface area contributed by atoms with E-state index in [0.29, 0.717) is 13.0 Å². The fourth-order valence-corrected chi connectivity index (χ4v) is 5.17. The summed E-state index contributed by atoms with van der Waals surface area (Å²) >= 11 is 0. The maximum Gasteiger partial charge on any atom is 0.271 e. The molecule has 2 aromatic rings. The molecule has 2 aliphatic heterocycles. The second kappa shape index (κ2) is 7.77. The summed E-state index contributed by atoms with van der Waals surface area (Å²) < 4.78 is 40.1. The van der Waals surface area contributed by atoms with Crippen LogP contribution >= 0.6 is 0 Å². The number of halogens is 1. The first kappa shape index (κ1) is 20.4. The van der Waals surface area contributed by atoms with Gasteiger partial charge in [0.05, 0.1) is 23.7 Å². The van der Waals surface area contributed by atoms with Gasteiger partial charge in [0, 0.05) is 32.6 Å². The van der Waals surface area contributed by atoms with E-state index < -0.39 is 21.4 Å². The summed E-state index contributed by atoms with van der Waals surface area (Å²) in [4.78, 5) is 24.0. The van der Waals surface area contributed by atoms with E-state index in [1.54, 1.807) is 19.3 Å². The van der Waals surface area contributed by atoms with Crippen molar-refractivity contribution in [2.24, 2.45) is 5.16 Å². The van der Waals surface area contributed by atoms with Crippen LogP contribution in [0.2, 0.25) is 0 Å². The summed E-state index contributed by atoms with van der Waals surface area (Å²) in [5, 5.41) is 3.97. The lowest BCUT2D eigenvalue weighted by molar-refractivity contribution is -0.123. The van der Waals surface area contributed by atoms with Gasteiger partial charge in [-0.15, -0.1) is 0 Å². The maximum atomic E-state index is 13.1. The van der Waals surface area contributed by atoms with Gasteiger partial charge in [-0.05, 0) is 36.4 Å². The standard InChI is InChI=1S/C20H21FN4O4S/c1-24(13-16-4-2-3-10-22-16)19(26)18-12-20(29-23-18)9-11-25(14-20)30(27,28)17-7-5-15(21)6-8-17/h2-8,10H,9,11-14H2,1H3. The molecule has 0 N–H and O–H groups in total. The number of pyridine rings is 1. The van der Waals surface area contributed by atoms with Crippen LogP contribution in [0.15, 0.2) is 58.7 Å². The molecule has 1 atom stereocenters. The number of amides is 1. The Morgan fingerprint density at radius 3 is 2.73 bits per heavy atom. The predicted octanol–water partition coefficient (Wildman–Crippen LogP) is 1.79. The van der Waals surface area contributed by atoms with Crippen molar-refractivity contribution in [3.63, 3.8) is 0 Å². The van der Waals surface area contributed by atoms with E-state index in [-0.39, 0.29) is 36.0 Å². The molecule has 1 fully saturated rings. The second-order valence-electron chi connectivity index (χ2n) is 7.51. The normalized spacial score (nSPS) is 21.5. The zero-order chi connectivity index (χ0) is 21.4. The third-order valence-electron chi connectivity index (χ3n) is 5.29. The molecule has 30 heavy (non-hydrogen) atoms. The first-order valence-electron chi connectivity index (χ1n) is 9.45. The van der Waals surface area contributed by atoms with Crippen LogP contribution < -0.4 is 0 Å². The third kappa shape index (κ3) is 3.92. The third-order valence-corrected chi connectivity index (χ3v) is 7.15. The molecule has 158 valence electrons. The molecule has 3 heterocycles. The Labute approximate surface area is 174 Å². The molecule has 1 saturated heterocycles. The van der Waals surface area contributed by atoms with Gasteiger partial charge in [0.2, 0.25) is 10.0 Å². The highest BCUT2D eigenvalue weighted by Crippen LogP contribution is 2.36. The Bertz CT molecular complexity index is 1080. The van der Waals surface area contributed by atoms with Crippen molar-refractivity contribution < 1.29 is 22.4 Å². The number of aromatic nitrogens is 1. The molecule has 0 aliphatic carbocycles. The number of oxime groups is 1. The van der Waals surface area contributed by atoms with Crippen LogP contribution in [0.4, 0.5) is 4.39 Å². The van der Waals surface area contributed by atoms with E-state index in [1.807, 2.05) is 12.1 Å². The molecule has 1 unspecified atom stereocenters. The van der Waals surface area contributed by atoms with Crippen LogP contribution in [0.1, 0.15) is 18.5 Å². The van der Waals surface area contributed by atoms with Gasteiger partial charge in [0.1, 0.15) is 11.5 Å². The lowest BCUT2D eigenvalue weighted by Gasteiger charge is -2.22. The highest BCUT2D eigenvalue weighted by atomic mass is 32.2. The number of nitrogens with zero attached hydrogens (tertiary/aromatic N) is 4. The average Bonchev–Trinajstić information content (AvgIpc) is 3.36. The molecule has 0 saturated carbocycles. The summed E-state index contributed by atoms with van der Waals surface area (Å²) in [7, 11) is -2.12. The molecule has 2 aliphatic rings. The average molecular weight is 432 g/mol. The molecule has 4 rings (SSSR count). The summed E-state index contributed by atoms with van der Waals surface area (Å²) in [5.41, 5.74) is 0.152. The van der Waals surface area contributed by atoms with Crippen molar-refractivity contribution in [1.82, 2.24) is 14.2 Å². The number of benzene rings is 1. The van der Waals surface area contributed by atoms with Gasteiger partial charge >= 0.3 is 0 Å². The van der Waals surface area contributed by atoms with Gasteiger partial charge < -0.3 is 9.74 Å². The second-order valence-corrected chi connectivity index (χ2v) is 9.45. The maximum absolute atomic E-state index is 13.1. The van der Waals surface area contributed by atoms with Crippen molar-refractivity contribution in [2.75, 3.05) is 20.1 Å². The molecule has 10 heteroatoms. The largest absolute Gasteiger partial charge is 0.387 e. The lowest BCUT2D eigenvalue weighted by atomic mass is 9.96. The quantitative estimate of drug-likeness (QED) is 0.718. The summed E-state index contributed by atoms with van der Waals surface area (Å²) in [5.74, 6) is -0.783. The van der Waals surface area contributed by atoms with Crippen molar-refractivity contribution in [1.29, 1.82) is 0 Å². The van der Waals surface area contributed by atoms with E-state index in [0.717, 1.165) is 17.8 Å².